The third kappa shape index (κ3) is 4.00. The van der Waals surface area contributed by atoms with E-state index in [0.717, 1.165) is 28.4 Å². The van der Waals surface area contributed by atoms with E-state index in [0.29, 0.717) is 5.95 Å². The predicted octanol–water partition coefficient (Wildman–Crippen LogP) is 4.42. The molecular formula is C25H22N6. The van der Waals surface area contributed by atoms with Crippen molar-refractivity contribution in [1.29, 1.82) is 0 Å². The summed E-state index contributed by atoms with van der Waals surface area (Å²) in [6, 6.07) is 22.5. The number of nitrogens with zero attached hydrogens (tertiary/aromatic N) is 5. The fourth-order valence-electron chi connectivity index (χ4n) is 3.74. The van der Waals surface area contributed by atoms with Crippen LogP contribution in [-0.2, 0) is 0 Å². The molecule has 2 unspecified atom stereocenters. The molecular weight excluding hydrogens is 384 g/mol. The molecule has 31 heavy (non-hydrogen) atoms. The van der Waals surface area contributed by atoms with Gasteiger partial charge in [-0.1, -0.05) is 85.0 Å². The maximum absolute atomic E-state index is 4.73. The van der Waals surface area contributed by atoms with Gasteiger partial charge in [0.15, 0.2) is 0 Å². The minimum atomic E-state index is 0.138. The summed E-state index contributed by atoms with van der Waals surface area (Å²) in [5, 5.41) is 4.38. The molecule has 2 atom stereocenters. The molecule has 1 aliphatic heterocycles. The van der Waals surface area contributed by atoms with E-state index < -0.39 is 0 Å². The molecule has 0 spiro atoms. The zero-order valence-corrected chi connectivity index (χ0v) is 17.1. The number of aromatic nitrogens is 2. The SMILES string of the molecule is CN1C(/C=N/Nc2nc(-c3ccccc3)cc(-c3ccccc3)n2)=NC2C=CC=CC21. The van der Waals surface area contributed by atoms with Crippen molar-refractivity contribution >= 4 is 18.0 Å². The second-order valence-corrected chi connectivity index (χ2v) is 7.41. The highest BCUT2D eigenvalue weighted by Crippen LogP contribution is 2.25. The van der Waals surface area contributed by atoms with Crippen LogP contribution in [-0.4, -0.2) is 46.0 Å². The van der Waals surface area contributed by atoms with Gasteiger partial charge in [-0.3, -0.25) is 4.99 Å². The van der Waals surface area contributed by atoms with Crippen LogP contribution < -0.4 is 5.43 Å². The van der Waals surface area contributed by atoms with Crippen LogP contribution in [0.25, 0.3) is 22.5 Å². The number of fused-ring (bicyclic) bond motifs is 1. The molecule has 0 amide bonds. The van der Waals surface area contributed by atoms with Crippen LogP contribution >= 0.6 is 0 Å². The van der Waals surface area contributed by atoms with Crippen molar-refractivity contribution < 1.29 is 0 Å². The molecule has 0 radical (unpaired) electrons. The molecule has 6 nitrogen and oxygen atoms in total. The van der Waals surface area contributed by atoms with Crippen molar-refractivity contribution in [3.05, 3.63) is 91.0 Å². The van der Waals surface area contributed by atoms with E-state index in [1.54, 1.807) is 6.21 Å². The summed E-state index contributed by atoms with van der Waals surface area (Å²) in [6.45, 7) is 0. The Hall–Kier alpha value is -4.06. The van der Waals surface area contributed by atoms with E-state index >= 15 is 0 Å². The second kappa shape index (κ2) is 8.36. The summed E-state index contributed by atoms with van der Waals surface area (Å²) < 4.78 is 0. The minimum absolute atomic E-state index is 0.138. The summed E-state index contributed by atoms with van der Waals surface area (Å²) in [4.78, 5) is 16.2. The van der Waals surface area contributed by atoms with Gasteiger partial charge in [0.25, 0.3) is 0 Å². The van der Waals surface area contributed by atoms with Crippen molar-refractivity contribution in [3.63, 3.8) is 0 Å². The van der Waals surface area contributed by atoms with Crippen LogP contribution in [0.4, 0.5) is 5.95 Å². The highest BCUT2D eigenvalue weighted by molar-refractivity contribution is 6.30. The number of amidine groups is 1. The summed E-state index contributed by atoms with van der Waals surface area (Å²) >= 11 is 0. The molecule has 1 aliphatic carbocycles. The summed E-state index contributed by atoms with van der Waals surface area (Å²) in [5.74, 6) is 1.26. The number of rotatable bonds is 5. The highest BCUT2D eigenvalue weighted by Gasteiger charge is 2.30. The lowest BCUT2D eigenvalue weighted by atomic mass is 10.0. The van der Waals surface area contributed by atoms with Crippen molar-refractivity contribution in [3.8, 4) is 22.5 Å². The van der Waals surface area contributed by atoms with E-state index in [2.05, 4.69) is 43.6 Å². The molecule has 2 aromatic carbocycles. The standard InChI is InChI=1S/C25H22N6/c1-31-23-15-9-8-14-20(23)27-24(31)17-26-30-25-28-21(18-10-4-2-5-11-18)16-22(29-25)19-12-6-3-7-13-19/h2-17,20,23H,1H3,(H,28,29,30)/b26-17+. The zero-order valence-electron chi connectivity index (χ0n) is 17.1. The summed E-state index contributed by atoms with van der Waals surface area (Å²) in [6.07, 6.45) is 10.1. The molecule has 0 saturated heterocycles. The van der Waals surface area contributed by atoms with Crippen molar-refractivity contribution in [1.82, 2.24) is 14.9 Å². The predicted molar refractivity (Wildman–Crippen MR) is 126 cm³/mol. The smallest absolute Gasteiger partial charge is 0.244 e. The Morgan fingerprint density at radius 3 is 2.10 bits per heavy atom. The van der Waals surface area contributed by atoms with Crippen LogP contribution in [0, 0.1) is 0 Å². The van der Waals surface area contributed by atoms with Crippen LogP contribution in [0.15, 0.2) is 101 Å². The van der Waals surface area contributed by atoms with Gasteiger partial charge < -0.3 is 4.90 Å². The number of benzene rings is 2. The number of aliphatic imine (C=N–C) groups is 1. The number of hydrazone groups is 1. The van der Waals surface area contributed by atoms with Gasteiger partial charge in [0.2, 0.25) is 5.95 Å². The van der Waals surface area contributed by atoms with Gasteiger partial charge in [-0.2, -0.15) is 5.10 Å². The van der Waals surface area contributed by atoms with Gasteiger partial charge in [0.05, 0.1) is 29.7 Å². The average molecular weight is 406 g/mol. The lowest BCUT2D eigenvalue weighted by Gasteiger charge is -2.22. The molecule has 152 valence electrons. The fourth-order valence-corrected chi connectivity index (χ4v) is 3.74. The monoisotopic (exact) mass is 406 g/mol. The maximum atomic E-state index is 4.73. The Morgan fingerprint density at radius 1 is 0.871 bits per heavy atom. The number of allylic oxidation sites excluding steroid dienone is 2. The van der Waals surface area contributed by atoms with Gasteiger partial charge in [-0.05, 0) is 6.07 Å². The largest absolute Gasteiger partial charge is 0.350 e. The molecule has 1 N–H and O–H groups in total. The first kappa shape index (κ1) is 18.9. The first-order chi connectivity index (χ1) is 15.3. The van der Waals surface area contributed by atoms with Gasteiger partial charge in [-0.15, -0.1) is 0 Å². The van der Waals surface area contributed by atoms with Gasteiger partial charge in [-0.25, -0.2) is 15.4 Å². The first-order valence-electron chi connectivity index (χ1n) is 10.2. The molecule has 0 fully saturated rings. The van der Waals surface area contributed by atoms with E-state index in [1.165, 1.54) is 0 Å². The lowest BCUT2D eigenvalue weighted by Crippen LogP contribution is -2.35. The number of hydrogen-bond acceptors (Lipinski definition) is 6. The number of likely N-dealkylation sites (N-methyl/N-ethyl adjacent to an activating group) is 1. The highest BCUT2D eigenvalue weighted by atomic mass is 15.4. The Labute approximate surface area is 181 Å². The van der Waals surface area contributed by atoms with E-state index in [-0.39, 0.29) is 12.1 Å². The minimum Gasteiger partial charge on any atom is -0.350 e. The van der Waals surface area contributed by atoms with Gasteiger partial charge >= 0.3 is 0 Å². The summed E-state index contributed by atoms with van der Waals surface area (Å²) in [5.41, 5.74) is 6.72. The number of anilines is 1. The Morgan fingerprint density at radius 2 is 1.48 bits per heavy atom. The maximum Gasteiger partial charge on any atom is 0.244 e. The molecule has 6 heteroatoms. The van der Waals surface area contributed by atoms with E-state index in [9.17, 15) is 0 Å². The Bertz CT molecular complexity index is 1120. The molecule has 1 aromatic heterocycles. The molecule has 2 aliphatic rings. The van der Waals surface area contributed by atoms with E-state index in [1.807, 2.05) is 79.9 Å². The van der Waals surface area contributed by atoms with Gasteiger partial charge in [0, 0.05) is 18.2 Å². The quantitative estimate of drug-likeness (QED) is 0.503. The van der Waals surface area contributed by atoms with Crippen LogP contribution in [0.2, 0.25) is 0 Å². The van der Waals surface area contributed by atoms with Crippen molar-refractivity contribution in [2.24, 2.45) is 10.1 Å². The first-order valence-corrected chi connectivity index (χ1v) is 10.2. The van der Waals surface area contributed by atoms with Crippen LogP contribution in [0.3, 0.4) is 0 Å². The molecule has 3 aromatic rings. The molecule has 5 rings (SSSR count). The topological polar surface area (TPSA) is 65.8 Å². The molecule has 2 heterocycles. The van der Waals surface area contributed by atoms with Gasteiger partial charge in [0.1, 0.15) is 5.84 Å². The van der Waals surface area contributed by atoms with Crippen molar-refractivity contribution in [2.45, 2.75) is 12.1 Å². The third-order valence-corrected chi connectivity index (χ3v) is 5.38. The Kier molecular flexibility index (Phi) is 5.10. The Balaban J connectivity index is 1.43. The summed E-state index contributed by atoms with van der Waals surface area (Å²) in [7, 11) is 2.03. The zero-order chi connectivity index (χ0) is 21.0. The lowest BCUT2D eigenvalue weighted by molar-refractivity contribution is 0.440. The number of hydrogen-bond donors (Lipinski definition) is 1. The average Bonchev–Trinajstić information content (AvgIpc) is 3.15. The van der Waals surface area contributed by atoms with Crippen LogP contribution in [0.1, 0.15) is 0 Å². The van der Waals surface area contributed by atoms with Crippen molar-refractivity contribution in [2.75, 3.05) is 12.5 Å². The molecule has 0 bridgehead atoms. The normalized spacial score (nSPS) is 19.5. The number of nitrogens with one attached hydrogen (secondary N) is 1. The second-order valence-electron chi connectivity index (χ2n) is 7.41. The molecule has 0 saturated carbocycles. The third-order valence-electron chi connectivity index (χ3n) is 5.38. The fraction of sp³-hybridized carbons (Fsp3) is 0.120. The van der Waals surface area contributed by atoms with Crippen LogP contribution in [0.5, 0.6) is 0 Å². The van der Waals surface area contributed by atoms with E-state index in [4.69, 9.17) is 4.99 Å².